The first-order chi connectivity index (χ1) is 10.1. The molecule has 0 saturated carbocycles. The lowest BCUT2D eigenvalue weighted by atomic mass is 9.94. The minimum Gasteiger partial charge on any atom is -0.508 e. The third-order valence-corrected chi connectivity index (χ3v) is 3.68. The molecule has 0 unspecified atom stereocenters. The number of phenolic OH excluding ortho intramolecular Hbond substituents is 3. The van der Waals surface area contributed by atoms with E-state index in [0.29, 0.717) is 11.1 Å². The molecular formula is C16H12ClNO3. The summed E-state index contributed by atoms with van der Waals surface area (Å²) in [5.41, 5.74) is 2.91. The molecule has 0 saturated heterocycles. The van der Waals surface area contributed by atoms with Crippen LogP contribution in [0.4, 0.5) is 0 Å². The Morgan fingerprint density at radius 1 is 1.00 bits per heavy atom. The van der Waals surface area contributed by atoms with Gasteiger partial charge in [0.1, 0.15) is 5.75 Å². The second-order valence-corrected chi connectivity index (χ2v) is 5.00. The van der Waals surface area contributed by atoms with Gasteiger partial charge in [-0.2, -0.15) is 0 Å². The Balaban J connectivity index is 2.23. The van der Waals surface area contributed by atoms with Crippen molar-refractivity contribution < 1.29 is 15.3 Å². The Bertz CT molecular complexity index is 764. The number of hydrogen-bond donors (Lipinski definition) is 4. The van der Waals surface area contributed by atoms with Crippen LogP contribution in [0.25, 0.3) is 11.6 Å². The molecule has 5 heteroatoms. The van der Waals surface area contributed by atoms with Gasteiger partial charge in [-0.05, 0) is 35.4 Å². The predicted octanol–water partition coefficient (Wildman–Crippen LogP) is 3.42. The van der Waals surface area contributed by atoms with Gasteiger partial charge in [-0.15, -0.1) is 0 Å². The smallest absolute Gasteiger partial charge is 0.177 e. The average molecular weight is 302 g/mol. The highest BCUT2D eigenvalue weighted by Gasteiger charge is 2.19. The van der Waals surface area contributed by atoms with Crippen LogP contribution < -0.4 is 5.32 Å². The molecule has 0 aliphatic carbocycles. The van der Waals surface area contributed by atoms with Gasteiger partial charge in [-0.1, -0.05) is 23.7 Å². The number of phenols is 3. The van der Waals surface area contributed by atoms with Gasteiger partial charge >= 0.3 is 0 Å². The molecule has 4 nitrogen and oxygen atoms in total. The van der Waals surface area contributed by atoms with Crippen LogP contribution in [-0.2, 0) is 0 Å². The topological polar surface area (TPSA) is 72.7 Å². The molecule has 2 aromatic carbocycles. The van der Waals surface area contributed by atoms with Crippen molar-refractivity contribution in [3.8, 4) is 17.2 Å². The zero-order valence-electron chi connectivity index (χ0n) is 10.8. The number of aromatic hydroxyl groups is 3. The lowest BCUT2D eigenvalue weighted by molar-refractivity contribution is 0.403. The van der Waals surface area contributed by atoms with Crippen molar-refractivity contribution >= 4 is 23.3 Å². The molecule has 0 amide bonds. The van der Waals surface area contributed by atoms with Crippen LogP contribution in [0.5, 0.6) is 17.2 Å². The quantitative estimate of drug-likeness (QED) is 0.609. The fourth-order valence-corrected chi connectivity index (χ4v) is 2.51. The van der Waals surface area contributed by atoms with Gasteiger partial charge in [-0.25, -0.2) is 0 Å². The molecule has 2 aromatic rings. The maximum atomic E-state index is 9.81. The van der Waals surface area contributed by atoms with E-state index in [4.69, 9.17) is 11.6 Å². The minimum absolute atomic E-state index is 0.0922. The summed E-state index contributed by atoms with van der Waals surface area (Å²) in [7, 11) is 0. The molecule has 0 atom stereocenters. The molecule has 1 heterocycles. The normalized spacial score (nSPS) is 13.1. The molecule has 106 valence electrons. The maximum Gasteiger partial charge on any atom is 0.177 e. The van der Waals surface area contributed by atoms with E-state index in [2.05, 4.69) is 5.32 Å². The van der Waals surface area contributed by atoms with Crippen LogP contribution in [0.15, 0.2) is 42.7 Å². The first kappa shape index (κ1) is 13.4. The van der Waals surface area contributed by atoms with Crippen molar-refractivity contribution in [3.05, 3.63) is 64.4 Å². The van der Waals surface area contributed by atoms with E-state index < -0.39 is 0 Å². The maximum absolute atomic E-state index is 9.81. The van der Waals surface area contributed by atoms with Crippen molar-refractivity contribution in [2.24, 2.45) is 0 Å². The molecule has 0 spiro atoms. The fraction of sp³-hybridized carbons (Fsp3) is 0. The standard InChI is InChI=1S/C16H12ClNO3/c17-15-11-5-6-18-8-13(9-1-3-10(19)4-2-9)12(11)7-14(20)16(15)21/h1-8,18-21H. The summed E-state index contributed by atoms with van der Waals surface area (Å²) < 4.78 is 0. The minimum atomic E-state index is -0.341. The lowest BCUT2D eigenvalue weighted by Crippen LogP contribution is -1.95. The molecule has 1 aliphatic rings. The van der Waals surface area contributed by atoms with Gasteiger partial charge in [0.05, 0.1) is 5.02 Å². The number of rotatable bonds is 1. The fourth-order valence-electron chi connectivity index (χ4n) is 2.25. The summed E-state index contributed by atoms with van der Waals surface area (Å²) >= 11 is 6.11. The molecule has 21 heavy (non-hydrogen) atoms. The van der Waals surface area contributed by atoms with Gasteiger partial charge < -0.3 is 20.6 Å². The van der Waals surface area contributed by atoms with Gasteiger partial charge in [0.15, 0.2) is 11.5 Å². The largest absolute Gasteiger partial charge is 0.508 e. The van der Waals surface area contributed by atoms with E-state index in [1.165, 1.54) is 6.07 Å². The van der Waals surface area contributed by atoms with Gasteiger partial charge in [0.2, 0.25) is 0 Å². The monoisotopic (exact) mass is 301 g/mol. The molecule has 1 aliphatic heterocycles. The van der Waals surface area contributed by atoms with Crippen molar-refractivity contribution in [2.75, 3.05) is 0 Å². The zero-order chi connectivity index (χ0) is 15.0. The second kappa shape index (κ2) is 5.07. The summed E-state index contributed by atoms with van der Waals surface area (Å²) in [6.45, 7) is 0. The zero-order valence-corrected chi connectivity index (χ0v) is 11.6. The lowest BCUT2D eigenvalue weighted by Gasteiger charge is -2.13. The Labute approximate surface area is 126 Å². The summed E-state index contributed by atoms with van der Waals surface area (Å²) in [5.74, 6) is -0.448. The molecule has 0 fully saturated rings. The molecule has 0 aromatic heterocycles. The van der Waals surface area contributed by atoms with E-state index in [1.54, 1.807) is 42.7 Å². The van der Waals surface area contributed by atoms with E-state index >= 15 is 0 Å². The van der Waals surface area contributed by atoms with Crippen LogP contribution in [0.1, 0.15) is 16.7 Å². The van der Waals surface area contributed by atoms with Gasteiger partial charge in [0, 0.05) is 23.5 Å². The third kappa shape index (κ3) is 2.30. The first-order valence-corrected chi connectivity index (χ1v) is 6.62. The average Bonchev–Trinajstić information content (AvgIpc) is 2.68. The van der Waals surface area contributed by atoms with Crippen molar-refractivity contribution in [1.82, 2.24) is 5.32 Å². The SMILES string of the molecule is Oc1ccc(C2=CNC=Cc3c2cc(O)c(O)c3Cl)cc1. The summed E-state index contributed by atoms with van der Waals surface area (Å²) in [5, 5.41) is 32.0. The van der Waals surface area contributed by atoms with Crippen molar-refractivity contribution in [3.63, 3.8) is 0 Å². The Morgan fingerprint density at radius 3 is 2.43 bits per heavy atom. The Morgan fingerprint density at radius 2 is 1.71 bits per heavy atom. The highest BCUT2D eigenvalue weighted by Crippen LogP contribution is 2.42. The van der Waals surface area contributed by atoms with E-state index in [9.17, 15) is 15.3 Å². The third-order valence-electron chi connectivity index (χ3n) is 3.30. The summed E-state index contributed by atoms with van der Waals surface area (Å²) in [6.07, 6.45) is 5.18. The Hall–Kier alpha value is -2.59. The van der Waals surface area contributed by atoms with Crippen molar-refractivity contribution in [2.45, 2.75) is 0 Å². The Kier molecular flexibility index (Phi) is 3.23. The number of nitrogens with one attached hydrogen (secondary N) is 1. The van der Waals surface area contributed by atoms with E-state index in [0.717, 1.165) is 11.1 Å². The molecule has 0 radical (unpaired) electrons. The van der Waals surface area contributed by atoms with Crippen LogP contribution in [0.3, 0.4) is 0 Å². The van der Waals surface area contributed by atoms with Crippen LogP contribution in [-0.4, -0.2) is 15.3 Å². The van der Waals surface area contributed by atoms with E-state index in [-0.39, 0.29) is 22.3 Å². The molecular weight excluding hydrogens is 290 g/mol. The van der Waals surface area contributed by atoms with Gasteiger partial charge in [0.25, 0.3) is 0 Å². The molecule has 4 N–H and O–H groups in total. The second-order valence-electron chi connectivity index (χ2n) is 4.62. The highest BCUT2D eigenvalue weighted by atomic mass is 35.5. The van der Waals surface area contributed by atoms with Crippen molar-refractivity contribution in [1.29, 1.82) is 0 Å². The van der Waals surface area contributed by atoms with Crippen LogP contribution >= 0.6 is 11.6 Å². The summed E-state index contributed by atoms with van der Waals surface area (Å²) in [4.78, 5) is 0. The van der Waals surface area contributed by atoms with Gasteiger partial charge in [-0.3, -0.25) is 0 Å². The molecule has 0 bridgehead atoms. The number of hydrogen-bond acceptors (Lipinski definition) is 4. The summed E-state index contributed by atoms with van der Waals surface area (Å²) in [6, 6.07) is 8.14. The number of benzene rings is 2. The van der Waals surface area contributed by atoms with Crippen LogP contribution in [0.2, 0.25) is 5.02 Å². The predicted molar refractivity (Wildman–Crippen MR) is 82.1 cm³/mol. The number of fused-ring (bicyclic) bond motifs is 1. The number of halogens is 1. The van der Waals surface area contributed by atoms with E-state index in [1.807, 2.05) is 0 Å². The van der Waals surface area contributed by atoms with Crippen LogP contribution in [0, 0.1) is 0 Å². The first-order valence-electron chi connectivity index (χ1n) is 6.25. The molecule has 3 rings (SSSR count). The highest BCUT2D eigenvalue weighted by molar-refractivity contribution is 6.34.